The maximum atomic E-state index is 11.1. The van der Waals surface area contributed by atoms with Crippen LogP contribution in [0.25, 0.3) is 0 Å². The van der Waals surface area contributed by atoms with E-state index in [1.807, 2.05) is 23.6 Å². The number of rotatable bonds is 4. The Morgan fingerprint density at radius 3 is 2.70 bits per heavy atom. The zero-order valence-electron chi connectivity index (χ0n) is 10.5. The van der Waals surface area contributed by atoms with Gasteiger partial charge in [-0.2, -0.15) is 0 Å². The van der Waals surface area contributed by atoms with Gasteiger partial charge in [-0.1, -0.05) is 23.2 Å². The summed E-state index contributed by atoms with van der Waals surface area (Å²) in [6.07, 6.45) is 0. The summed E-state index contributed by atoms with van der Waals surface area (Å²) in [7, 11) is 0. The zero-order valence-corrected chi connectivity index (χ0v) is 14.4. The van der Waals surface area contributed by atoms with E-state index in [0.717, 1.165) is 20.7 Å². The summed E-state index contributed by atoms with van der Waals surface area (Å²) >= 11 is 17.1. The monoisotopic (exact) mass is 392 g/mol. The molecule has 0 atom stereocenters. The van der Waals surface area contributed by atoms with E-state index in [1.165, 1.54) is 6.92 Å². The van der Waals surface area contributed by atoms with E-state index in [-0.39, 0.29) is 5.91 Å². The van der Waals surface area contributed by atoms with Gasteiger partial charge in [0.25, 0.3) is 0 Å². The molecular weight excluding hydrogens is 383 g/mol. The molecule has 7 heteroatoms. The molecule has 20 heavy (non-hydrogen) atoms. The van der Waals surface area contributed by atoms with Gasteiger partial charge in [0.15, 0.2) is 0 Å². The fourth-order valence-electron chi connectivity index (χ4n) is 1.62. The fraction of sp³-hybridized carbons (Fsp3) is 0.154. The van der Waals surface area contributed by atoms with Crippen molar-refractivity contribution < 1.29 is 4.79 Å². The molecule has 1 amide bonds. The van der Waals surface area contributed by atoms with E-state index in [4.69, 9.17) is 23.2 Å². The molecule has 2 rings (SSSR count). The van der Waals surface area contributed by atoms with Crippen LogP contribution in [0.2, 0.25) is 10.0 Å². The molecule has 1 aromatic heterocycles. The van der Waals surface area contributed by atoms with Gasteiger partial charge < -0.3 is 10.6 Å². The number of carbonyl (C=O) groups excluding carboxylic acids is 1. The second-order valence-corrected chi connectivity index (χ2v) is 6.63. The van der Waals surface area contributed by atoms with Crippen LogP contribution in [-0.4, -0.2) is 5.91 Å². The highest BCUT2D eigenvalue weighted by Crippen LogP contribution is 2.36. The lowest BCUT2D eigenvalue weighted by atomic mass is 10.3. The van der Waals surface area contributed by atoms with Crippen LogP contribution >= 0.6 is 50.5 Å². The normalized spacial score (nSPS) is 10.4. The van der Waals surface area contributed by atoms with E-state index in [1.54, 1.807) is 11.3 Å². The highest BCUT2D eigenvalue weighted by Gasteiger charge is 2.10. The van der Waals surface area contributed by atoms with Crippen LogP contribution in [0.15, 0.2) is 28.1 Å². The minimum Gasteiger partial charge on any atom is -0.379 e. The van der Waals surface area contributed by atoms with Crippen molar-refractivity contribution in [2.45, 2.75) is 13.5 Å². The lowest BCUT2D eigenvalue weighted by Crippen LogP contribution is -2.08. The number of halogens is 3. The first-order chi connectivity index (χ1) is 9.49. The molecule has 2 aromatic rings. The minimum atomic E-state index is -0.0885. The quantitative estimate of drug-likeness (QED) is 0.683. The van der Waals surface area contributed by atoms with Crippen LogP contribution in [0.3, 0.4) is 0 Å². The first-order valence-corrected chi connectivity index (χ1v) is 8.13. The Kier molecular flexibility index (Phi) is 5.32. The molecule has 1 heterocycles. The van der Waals surface area contributed by atoms with E-state index >= 15 is 0 Å². The molecule has 0 bridgehead atoms. The average Bonchev–Trinajstić information content (AvgIpc) is 2.82. The summed E-state index contributed by atoms with van der Waals surface area (Å²) in [6.45, 7) is 2.05. The molecule has 2 N–H and O–H groups in total. The van der Waals surface area contributed by atoms with Crippen molar-refractivity contribution in [2.24, 2.45) is 0 Å². The molecule has 106 valence electrons. The third-order valence-electron chi connectivity index (χ3n) is 2.53. The van der Waals surface area contributed by atoms with E-state index in [9.17, 15) is 4.79 Å². The van der Waals surface area contributed by atoms with Crippen LogP contribution in [0.1, 0.15) is 11.8 Å². The van der Waals surface area contributed by atoms with Crippen LogP contribution in [0.4, 0.5) is 11.4 Å². The lowest BCUT2D eigenvalue weighted by Gasteiger charge is -2.11. The van der Waals surface area contributed by atoms with Gasteiger partial charge in [0, 0.05) is 16.3 Å². The number of benzene rings is 1. The summed E-state index contributed by atoms with van der Waals surface area (Å²) in [5.74, 6) is -0.0885. The van der Waals surface area contributed by atoms with Crippen LogP contribution in [-0.2, 0) is 11.3 Å². The highest BCUT2D eigenvalue weighted by molar-refractivity contribution is 9.10. The summed E-state index contributed by atoms with van der Waals surface area (Å²) in [5.41, 5.74) is 1.57. The van der Waals surface area contributed by atoms with Crippen molar-refractivity contribution in [1.82, 2.24) is 0 Å². The molecule has 0 aliphatic heterocycles. The zero-order chi connectivity index (χ0) is 14.7. The van der Waals surface area contributed by atoms with Gasteiger partial charge in [-0.3, -0.25) is 4.79 Å². The van der Waals surface area contributed by atoms with Crippen LogP contribution in [0, 0.1) is 0 Å². The molecule has 1 aromatic carbocycles. The van der Waals surface area contributed by atoms with Gasteiger partial charge >= 0.3 is 0 Å². The molecule has 0 aliphatic carbocycles. The average molecular weight is 394 g/mol. The van der Waals surface area contributed by atoms with Gasteiger partial charge in [0.2, 0.25) is 5.91 Å². The fourth-order valence-corrected chi connectivity index (χ4v) is 3.23. The Balaban J connectivity index is 2.11. The molecule has 0 aliphatic rings. The van der Waals surface area contributed by atoms with E-state index in [2.05, 4.69) is 26.6 Å². The highest BCUT2D eigenvalue weighted by atomic mass is 79.9. The third-order valence-corrected chi connectivity index (χ3v) is 5.22. The predicted molar refractivity (Wildman–Crippen MR) is 90.1 cm³/mol. The van der Waals surface area contributed by atoms with Crippen LogP contribution < -0.4 is 10.6 Å². The Morgan fingerprint density at radius 2 is 2.00 bits per heavy atom. The maximum absolute atomic E-state index is 11.1. The number of hydrogen-bond donors (Lipinski definition) is 2. The molecular formula is C13H11BrCl2N2OS. The Bertz CT molecular complexity index is 645. The van der Waals surface area contributed by atoms with Crippen molar-refractivity contribution in [2.75, 3.05) is 10.6 Å². The van der Waals surface area contributed by atoms with Crippen molar-refractivity contribution >= 4 is 67.8 Å². The SMILES string of the molecule is CC(=O)Nc1ccsc1CNc1ccc(Br)c(Cl)c1Cl. The molecule has 0 radical (unpaired) electrons. The Morgan fingerprint density at radius 1 is 1.25 bits per heavy atom. The predicted octanol–water partition coefficient (Wildman–Crippen LogP) is 5.39. The standard InChI is InChI=1S/C13H11BrCl2N2OS/c1-7(19)18-9-4-5-20-11(9)6-17-10-3-2-8(14)12(15)13(10)16/h2-5,17H,6H2,1H3,(H,18,19). The van der Waals surface area contributed by atoms with Gasteiger partial charge in [0.05, 0.1) is 28.0 Å². The maximum Gasteiger partial charge on any atom is 0.221 e. The smallest absolute Gasteiger partial charge is 0.221 e. The van der Waals surface area contributed by atoms with E-state index < -0.39 is 0 Å². The third kappa shape index (κ3) is 3.67. The Labute approximate surface area is 139 Å². The number of nitrogens with one attached hydrogen (secondary N) is 2. The number of carbonyl (C=O) groups is 1. The number of thiophene rings is 1. The molecule has 0 spiro atoms. The summed E-state index contributed by atoms with van der Waals surface area (Å²) < 4.78 is 0.754. The number of anilines is 2. The number of amides is 1. The second kappa shape index (κ2) is 6.80. The Hall–Kier alpha value is -0.750. The molecule has 3 nitrogen and oxygen atoms in total. The van der Waals surface area contributed by atoms with E-state index in [0.29, 0.717) is 16.6 Å². The molecule has 0 saturated carbocycles. The first kappa shape index (κ1) is 15.6. The summed E-state index contributed by atoms with van der Waals surface area (Å²) in [4.78, 5) is 12.1. The minimum absolute atomic E-state index is 0.0885. The molecule has 0 unspecified atom stereocenters. The number of hydrogen-bond acceptors (Lipinski definition) is 3. The first-order valence-electron chi connectivity index (χ1n) is 5.70. The van der Waals surface area contributed by atoms with Crippen molar-refractivity contribution in [3.8, 4) is 0 Å². The van der Waals surface area contributed by atoms with Gasteiger partial charge in [0.1, 0.15) is 0 Å². The second-order valence-electron chi connectivity index (χ2n) is 4.02. The van der Waals surface area contributed by atoms with Crippen molar-refractivity contribution in [3.63, 3.8) is 0 Å². The lowest BCUT2D eigenvalue weighted by molar-refractivity contribution is -0.114. The van der Waals surface area contributed by atoms with Gasteiger partial charge in [-0.25, -0.2) is 0 Å². The largest absolute Gasteiger partial charge is 0.379 e. The summed E-state index contributed by atoms with van der Waals surface area (Å²) in [5, 5.41) is 8.89. The molecule has 0 fully saturated rings. The van der Waals surface area contributed by atoms with Crippen molar-refractivity contribution in [3.05, 3.63) is 43.0 Å². The van der Waals surface area contributed by atoms with Gasteiger partial charge in [-0.15, -0.1) is 11.3 Å². The summed E-state index contributed by atoms with van der Waals surface area (Å²) in [6, 6.07) is 5.56. The van der Waals surface area contributed by atoms with Gasteiger partial charge in [-0.05, 0) is 39.5 Å². The topological polar surface area (TPSA) is 41.1 Å². The van der Waals surface area contributed by atoms with Crippen LogP contribution in [0.5, 0.6) is 0 Å². The van der Waals surface area contributed by atoms with Crippen molar-refractivity contribution in [1.29, 1.82) is 0 Å². The molecule has 0 saturated heterocycles.